The smallest absolute Gasteiger partial charge is 0.311 e. The highest BCUT2D eigenvalue weighted by Gasteiger charge is 2.35. The molecule has 0 unspecified atom stereocenters. The maximum absolute atomic E-state index is 12.2. The second-order valence-electron chi connectivity index (χ2n) is 5.87. The van der Waals surface area contributed by atoms with E-state index in [1.807, 2.05) is 37.1 Å². The second-order valence-corrected chi connectivity index (χ2v) is 5.87. The van der Waals surface area contributed by atoms with Gasteiger partial charge >= 0.3 is 5.97 Å². The third-order valence-corrected chi connectivity index (χ3v) is 4.15. The molecule has 1 fully saturated rings. The van der Waals surface area contributed by atoms with Gasteiger partial charge in [0.25, 0.3) is 0 Å². The van der Waals surface area contributed by atoms with Crippen molar-refractivity contribution in [1.29, 1.82) is 0 Å². The van der Waals surface area contributed by atoms with Crippen LogP contribution in [0.15, 0.2) is 24.4 Å². The Balaban J connectivity index is 1.76. The molecule has 0 radical (unpaired) electrons. The second kappa shape index (κ2) is 6.73. The summed E-state index contributed by atoms with van der Waals surface area (Å²) in [5.74, 6) is 0.860. The summed E-state index contributed by atoms with van der Waals surface area (Å²) in [6, 6.07) is 5.79. The van der Waals surface area contributed by atoms with Crippen molar-refractivity contribution in [3.8, 4) is 0 Å². The minimum Gasteiger partial charge on any atom is -0.463 e. The Hall–Kier alpha value is -1.58. The van der Waals surface area contributed by atoms with Gasteiger partial charge in [-0.25, -0.2) is 4.98 Å². The molecule has 1 aromatic rings. The normalized spacial score (nSPS) is 17.5. The molecule has 0 spiro atoms. The Labute approximate surface area is 121 Å². The third-order valence-electron chi connectivity index (χ3n) is 4.15. The van der Waals surface area contributed by atoms with Crippen LogP contribution in [0.2, 0.25) is 0 Å². The fourth-order valence-corrected chi connectivity index (χ4v) is 2.68. The van der Waals surface area contributed by atoms with Gasteiger partial charge in [0.1, 0.15) is 12.4 Å². The molecule has 20 heavy (non-hydrogen) atoms. The zero-order valence-electron chi connectivity index (χ0n) is 12.5. The molecule has 0 atom stereocenters. The van der Waals surface area contributed by atoms with E-state index in [2.05, 4.69) is 4.98 Å². The number of hydrogen-bond acceptors (Lipinski definition) is 4. The summed E-state index contributed by atoms with van der Waals surface area (Å²) >= 11 is 0. The molecule has 4 nitrogen and oxygen atoms in total. The summed E-state index contributed by atoms with van der Waals surface area (Å²) in [4.78, 5) is 18.4. The Morgan fingerprint density at radius 3 is 2.75 bits per heavy atom. The predicted octanol–water partition coefficient (Wildman–Crippen LogP) is 3.03. The lowest BCUT2D eigenvalue weighted by atomic mass is 9.76. The van der Waals surface area contributed by atoms with Crippen molar-refractivity contribution in [3.05, 3.63) is 24.4 Å². The minimum atomic E-state index is -0.262. The number of hydrogen-bond donors (Lipinski definition) is 0. The van der Waals surface area contributed by atoms with Crippen molar-refractivity contribution in [2.45, 2.75) is 39.0 Å². The summed E-state index contributed by atoms with van der Waals surface area (Å²) in [6.07, 6.45) is 7.20. The lowest BCUT2D eigenvalue weighted by Crippen LogP contribution is -2.34. The highest BCUT2D eigenvalue weighted by molar-refractivity contribution is 5.76. The maximum atomic E-state index is 12.2. The number of carbonyl (C=O) groups excluding carboxylic acids is 1. The molecule has 0 amide bonds. The van der Waals surface area contributed by atoms with Crippen molar-refractivity contribution in [2.75, 3.05) is 25.1 Å². The van der Waals surface area contributed by atoms with Crippen LogP contribution >= 0.6 is 0 Å². The molecular weight excluding hydrogens is 252 g/mol. The van der Waals surface area contributed by atoms with Gasteiger partial charge in [0, 0.05) is 13.2 Å². The summed E-state index contributed by atoms with van der Waals surface area (Å²) in [5, 5.41) is 0. The SMILES string of the molecule is CN(CCOC(=O)C1(C)CCCCC1)c1ccccn1. The molecule has 0 bridgehead atoms. The Morgan fingerprint density at radius 2 is 2.10 bits per heavy atom. The molecule has 4 heteroatoms. The first-order chi connectivity index (χ1) is 9.62. The van der Waals surface area contributed by atoms with Gasteiger partial charge < -0.3 is 9.64 Å². The van der Waals surface area contributed by atoms with Crippen molar-refractivity contribution in [2.24, 2.45) is 5.41 Å². The minimum absolute atomic E-state index is 0.0355. The van der Waals surface area contributed by atoms with Gasteiger partial charge in [0.2, 0.25) is 0 Å². The molecule has 0 aromatic carbocycles. The van der Waals surface area contributed by atoms with Crippen LogP contribution in [0.4, 0.5) is 5.82 Å². The maximum Gasteiger partial charge on any atom is 0.311 e. The first kappa shape index (κ1) is 14.8. The van der Waals surface area contributed by atoms with Crippen LogP contribution in [-0.4, -0.2) is 31.2 Å². The number of nitrogens with zero attached hydrogens (tertiary/aromatic N) is 2. The summed E-state index contributed by atoms with van der Waals surface area (Å²) in [7, 11) is 1.96. The van der Waals surface area contributed by atoms with E-state index in [-0.39, 0.29) is 11.4 Å². The molecule has 1 heterocycles. The van der Waals surface area contributed by atoms with Gasteiger partial charge in [-0.3, -0.25) is 4.79 Å². The van der Waals surface area contributed by atoms with E-state index in [1.54, 1.807) is 6.20 Å². The number of rotatable bonds is 5. The summed E-state index contributed by atoms with van der Waals surface area (Å²) < 4.78 is 5.47. The Morgan fingerprint density at radius 1 is 1.35 bits per heavy atom. The molecule has 0 saturated heterocycles. The van der Waals surface area contributed by atoms with Gasteiger partial charge in [-0.1, -0.05) is 25.3 Å². The zero-order chi connectivity index (χ0) is 14.4. The number of pyridine rings is 1. The number of ether oxygens (including phenoxy) is 1. The van der Waals surface area contributed by atoms with E-state index in [9.17, 15) is 4.79 Å². The Kier molecular flexibility index (Phi) is 4.99. The van der Waals surface area contributed by atoms with E-state index in [1.165, 1.54) is 6.42 Å². The van der Waals surface area contributed by atoms with E-state index < -0.39 is 0 Å². The standard InChI is InChI=1S/C16H24N2O2/c1-16(9-5-3-6-10-16)15(19)20-13-12-18(2)14-8-4-7-11-17-14/h4,7-8,11H,3,5-6,9-10,12-13H2,1-2H3. The molecular formula is C16H24N2O2. The van der Waals surface area contributed by atoms with Gasteiger partial charge in [-0.05, 0) is 31.9 Å². The van der Waals surface area contributed by atoms with E-state index in [0.717, 1.165) is 31.5 Å². The van der Waals surface area contributed by atoms with Gasteiger partial charge in [0.05, 0.1) is 12.0 Å². The predicted molar refractivity (Wildman–Crippen MR) is 79.7 cm³/mol. The monoisotopic (exact) mass is 276 g/mol. The van der Waals surface area contributed by atoms with Crippen molar-refractivity contribution >= 4 is 11.8 Å². The topological polar surface area (TPSA) is 42.4 Å². The molecule has 1 aromatic heterocycles. The van der Waals surface area contributed by atoms with E-state index in [4.69, 9.17) is 4.74 Å². The number of likely N-dealkylation sites (N-methyl/N-ethyl adjacent to an activating group) is 1. The summed E-state index contributed by atoms with van der Waals surface area (Å²) in [5.41, 5.74) is -0.262. The fraction of sp³-hybridized carbons (Fsp3) is 0.625. The van der Waals surface area contributed by atoms with Crippen LogP contribution in [0.25, 0.3) is 0 Å². The highest BCUT2D eigenvalue weighted by Crippen LogP contribution is 2.36. The van der Waals surface area contributed by atoms with Crippen LogP contribution in [0, 0.1) is 5.41 Å². The van der Waals surface area contributed by atoms with Crippen molar-refractivity contribution < 1.29 is 9.53 Å². The van der Waals surface area contributed by atoms with Gasteiger partial charge in [0.15, 0.2) is 0 Å². The number of anilines is 1. The third kappa shape index (κ3) is 3.71. The first-order valence-corrected chi connectivity index (χ1v) is 7.41. The average Bonchev–Trinajstić information content (AvgIpc) is 2.48. The van der Waals surface area contributed by atoms with E-state index >= 15 is 0 Å². The van der Waals surface area contributed by atoms with Gasteiger partial charge in [-0.15, -0.1) is 0 Å². The first-order valence-electron chi connectivity index (χ1n) is 7.41. The van der Waals surface area contributed by atoms with Crippen molar-refractivity contribution in [3.63, 3.8) is 0 Å². The Bertz CT molecular complexity index is 427. The van der Waals surface area contributed by atoms with E-state index in [0.29, 0.717) is 13.2 Å². The fourth-order valence-electron chi connectivity index (χ4n) is 2.68. The zero-order valence-corrected chi connectivity index (χ0v) is 12.5. The number of carbonyl (C=O) groups is 1. The average molecular weight is 276 g/mol. The molecule has 110 valence electrons. The summed E-state index contributed by atoms with van der Waals surface area (Å²) in [6.45, 7) is 3.12. The van der Waals surface area contributed by atoms with Gasteiger partial charge in [-0.2, -0.15) is 0 Å². The quantitative estimate of drug-likeness (QED) is 0.775. The lowest BCUT2D eigenvalue weighted by molar-refractivity contribution is -0.156. The number of aromatic nitrogens is 1. The number of esters is 1. The van der Waals surface area contributed by atoms with Crippen LogP contribution in [0.1, 0.15) is 39.0 Å². The van der Waals surface area contributed by atoms with Crippen LogP contribution < -0.4 is 4.90 Å². The highest BCUT2D eigenvalue weighted by atomic mass is 16.5. The molecule has 1 saturated carbocycles. The van der Waals surface area contributed by atoms with Crippen molar-refractivity contribution in [1.82, 2.24) is 4.98 Å². The van der Waals surface area contributed by atoms with Crippen LogP contribution in [0.5, 0.6) is 0 Å². The molecule has 1 aliphatic rings. The largest absolute Gasteiger partial charge is 0.463 e. The lowest BCUT2D eigenvalue weighted by Gasteiger charge is -2.31. The molecule has 0 N–H and O–H groups in total. The molecule has 0 aliphatic heterocycles. The van der Waals surface area contributed by atoms with Crippen LogP contribution in [-0.2, 0) is 9.53 Å². The van der Waals surface area contributed by atoms with Crippen LogP contribution in [0.3, 0.4) is 0 Å². The molecule has 2 rings (SSSR count). The molecule has 1 aliphatic carbocycles.